The number of hydrogen-bond acceptors (Lipinski definition) is 3. The molecule has 1 N–H and O–H groups in total. The molecule has 1 unspecified atom stereocenters. The third-order valence-electron chi connectivity index (χ3n) is 2.03. The predicted octanol–water partition coefficient (Wildman–Crippen LogP) is 2.43. The van der Waals surface area contributed by atoms with E-state index in [0.717, 1.165) is 6.54 Å². The number of thioether (sulfide) groups is 1. The minimum absolute atomic E-state index is 0.613. The van der Waals surface area contributed by atoms with Gasteiger partial charge < -0.3 is 5.32 Å². The van der Waals surface area contributed by atoms with Crippen LogP contribution in [0.2, 0.25) is 0 Å². The van der Waals surface area contributed by atoms with Crippen LogP contribution >= 0.6 is 23.1 Å². The Kier molecular flexibility index (Phi) is 2.73. The van der Waals surface area contributed by atoms with Crippen LogP contribution in [0.25, 0.3) is 0 Å². The zero-order valence-electron chi connectivity index (χ0n) is 7.17. The van der Waals surface area contributed by atoms with Crippen molar-refractivity contribution in [2.75, 3.05) is 18.1 Å². The molecule has 0 spiro atoms. The molecule has 0 aromatic carbocycles. The van der Waals surface area contributed by atoms with Gasteiger partial charge in [0.25, 0.3) is 0 Å². The van der Waals surface area contributed by atoms with E-state index in [2.05, 4.69) is 36.1 Å². The van der Waals surface area contributed by atoms with Gasteiger partial charge in [0.15, 0.2) is 0 Å². The van der Waals surface area contributed by atoms with Crippen LogP contribution in [-0.2, 0) is 0 Å². The second-order valence-electron chi connectivity index (χ2n) is 3.03. The van der Waals surface area contributed by atoms with E-state index in [4.69, 9.17) is 0 Å². The van der Waals surface area contributed by atoms with Crippen molar-refractivity contribution in [1.82, 2.24) is 5.32 Å². The topological polar surface area (TPSA) is 12.0 Å². The van der Waals surface area contributed by atoms with Crippen molar-refractivity contribution in [2.24, 2.45) is 0 Å². The van der Waals surface area contributed by atoms with Gasteiger partial charge in [0.05, 0.1) is 6.04 Å². The monoisotopic (exact) mass is 199 g/mol. The normalized spacial score (nSPS) is 24.2. The Balaban J connectivity index is 2.08. The molecule has 0 saturated carbocycles. The molecule has 3 heteroatoms. The number of thiophene rings is 1. The van der Waals surface area contributed by atoms with Crippen molar-refractivity contribution in [3.05, 3.63) is 21.9 Å². The first-order valence-electron chi connectivity index (χ1n) is 4.24. The Hall–Kier alpha value is 0.01000. The molecule has 2 heterocycles. The van der Waals surface area contributed by atoms with Gasteiger partial charge in [-0.2, -0.15) is 11.8 Å². The average molecular weight is 199 g/mol. The fourth-order valence-corrected chi connectivity index (χ4v) is 3.41. The fourth-order valence-electron chi connectivity index (χ4n) is 1.39. The van der Waals surface area contributed by atoms with E-state index >= 15 is 0 Å². The van der Waals surface area contributed by atoms with Crippen molar-refractivity contribution >= 4 is 23.1 Å². The zero-order chi connectivity index (χ0) is 8.39. The van der Waals surface area contributed by atoms with Crippen molar-refractivity contribution in [3.63, 3.8) is 0 Å². The van der Waals surface area contributed by atoms with E-state index in [1.807, 2.05) is 11.3 Å². The summed E-state index contributed by atoms with van der Waals surface area (Å²) in [5, 5.41) is 3.54. The quantitative estimate of drug-likeness (QED) is 0.745. The zero-order valence-corrected chi connectivity index (χ0v) is 8.80. The molecule has 1 nitrogen and oxygen atoms in total. The van der Waals surface area contributed by atoms with E-state index in [9.17, 15) is 0 Å². The summed E-state index contributed by atoms with van der Waals surface area (Å²) in [5.41, 5.74) is 0. The number of aryl methyl sites for hydroxylation is 1. The third kappa shape index (κ3) is 1.84. The van der Waals surface area contributed by atoms with E-state index in [-0.39, 0.29) is 0 Å². The Labute approximate surface area is 81.6 Å². The number of rotatable bonds is 1. The summed E-state index contributed by atoms with van der Waals surface area (Å²) in [6.45, 7) is 3.33. The van der Waals surface area contributed by atoms with Gasteiger partial charge >= 0.3 is 0 Å². The summed E-state index contributed by atoms with van der Waals surface area (Å²) in [4.78, 5) is 2.92. The minimum Gasteiger partial charge on any atom is -0.308 e. The third-order valence-corrected chi connectivity index (χ3v) is 4.20. The first-order valence-corrected chi connectivity index (χ1v) is 6.21. The standard InChI is InChI=1S/C9H13NS2/c1-7-2-3-9(12-7)8-6-11-5-4-10-8/h2-3,8,10H,4-6H2,1H3. The van der Waals surface area contributed by atoms with Crippen LogP contribution in [0, 0.1) is 6.92 Å². The van der Waals surface area contributed by atoms with Crippen LogP contribution in [0.3, 0.4) is 0 Å². The highest BCUT2D eigenvalue weighted by Gasteiger charge is 2.15. The maximum Gasteiger partial charge on any atom is 0.0507 e. The first-order chi connectivity index (χ1) is 5.86. The molecule has 1 saturated heterocycles. The van der Waals surface area contributed by atoms with Gasteiger partial charge in [-0.1, -0.05) is 0 Å². The lowest BCUT2D eigenvalue weighted by atomic mass is 10.2. The Bertz CT molecular complexity index is 251. The van der Waals surface area contributed by atoms with Crippen LogP contribution in [0.15, 0.2) is 12.1 Å². The highest BCUT2D eigenvalue weighted by Crippen LogP contribution is 2.27. The second kappa shape index (κ2) is 3.81. The molecule has 0 amide bonds. The van der Waals surface area contributed by atoms with E-state index in [1.54, 1.807) is 0 Å². The smallest absolute Gasteiger partial charge is 0.0507 e. The summed E-state index contributed by atoms with van der Waals surface area (Å²) in [7, 11) is 0. The first kappa shape index (κ1) is 8.60. The molecular weight excluding hydrogens is 186 g/mol. The van der Waals surface area contributed by atoms with Gasteiger partial charge in [0.1, 0.15) is 0 Å². The van der Waals surface area contributed by atoms with Crippen molar-refractivity contribution in [3.8, 4) is 0 Å². The van der Waals surface area contributed by atoms with Crippen LogP contribution in [-0.4, -0.2) is 18.1 Å². The molecule has 1 atom stereocenters. The summed E-state index contributed by atoms with van der Waals surface area (Å²) >= 11 is 3.97. The molecule has 1 aliphatic rings. The summed E-state index contributed by atoms with van der Waals surface area (Å²) in [6.07, 6.45) is 0. The molecule has 1 aromatic heterocycles. The van der Waals surface area contributed by atoms with Crippen molar-refractivity contribution in [1.29, 1.82) is 0 Å². The van der Waals surface area contributed by atoms with E-state index in [0.29, 0.717) is 6.04 Å². The summed E-state index contributed by atoms with van der Waals surface area (Å²) in [6, 6.07) is 5.08. The lowest BCUT2D eigenvalue weighted by Crippen LogP contribution is -2.29. The second-order valence-corrected chi connectivity index (χ2v) is 5.50. The molecule has 0 aliphatic carbocycles. The molecule has 66 valence electrons. The number of hydrogen-bond donors (Lipinski definition) is 1. The molecule has 1 fully saturated rings. The maximum atomic E-state index is 3.54. The van der Waals surface area contributed by atoms with E-state index < -0.39 is 0 Å². The Morgan fingerprint density at radius 1 is 1.50 bits per heavy atom. The minimum atomic E-state index is 0.613. The lowest BCUT2D eigenvalue weighted by molar-refractivity contribution is 0.604. The Morgan fingerprint density at radius 2 is 2.42 bits per heavy atom. The summed E-state index contributed by atoms with van der Waals surface area (Å²) in [5.74, 6) is 2.50. The average Bonchev–Trinajstić information content (AvgIpc) is 2.54. The van der Waals surface area contributed by atoms with E-state index in [1.165, 1.54) is 21.3 Å². The predicted molar refractivity (Wildman–Crippen MR) is 57.1 cm³/mol. The van der Waals surface area contributed by atoms with Gasteiger partial charge in [0, 0.05) is 27.8 Å². The van der Waals surface area contributed by atoms with Gasteiger partial charge in [-0.3, -0.25) is 0 Å². The van der Waals surface area contributed by atoms with Gasteiger partial charge in [0.2, 0.25) is 0 Å². The molecule has 0 radical (unpaired) electrons. The van der Waals surface area contributed by atoms with Crippen LogP contribution in [0.5, 0.6) is 0 Å². The van der Waals surface area contributed by atoms with Crippen molar-refractivity contribution < 1.29 is 0 Å². The van der Waals surface area contributed by atoms with Gasteiger partial charge in [-0.25, -0.2) is 0 Å². The largest absolute Gasteiger partial charge is 0.308 e. The fraction of sp³-hybridized carbons (Fsp3) is 0.556. The van der Waals surface area contributed by atoms with Crippen molar-refractivity contribution in [2.45, 2.75) is 13.0 Å². The highest BCUT2D eigenvalue weighted by atomic mass is 32.2. The van der Waals surface area contributed by atoms with Crippen LogP contribution in [0.4, 0.5) is 0 Å². The lowest BCUT2D eigenvalue weighted by Gasteiger charge is -2.21. The van der Waals surface area contributed by atoms with Gasteiger partial charge in [-0.15, -0.1) is 11.3 Å². The summed E-state index contributed by atoms with van der Waals surface area (Å²) < 4.78 is 0. The molecule has 2 rings (SSSR count). The molecule has 1 aliphatic heterocycles. The molecule has 12 heavy (non-hydrogen) atoms. The highest BCUT2D eigenvalue weighted by molar-refractivity contribution is 7.99. The van der Waals surface area contributed by atoms with Gasteiger partial charge in [-0.05, 0) is 19.1 Å². The maximum absolute atomic E-state index is 3.54. The van der Waals surface area contributed by atoms with Crippen LogP contribution in [0.1, 0.15) is 15.8 Å². The SMILES string of the molecule is Cc1ccc(C2CSCCN2)s1. The Morgan fingerprint density at radius 3 is 3.00 bits per heavy atom. The number of nitrogens with one attached hydrogen (secondary N) is 1. The van der Waals surface area contributed by atoms with Crippen LogP contribution < -0.4 is 5.32 Å². The molecule has 0 bridgehead atoms. The molecule has 1 aromatic rings. The molecular formula is C9H13NS2.